The number of hydrogen-bond donors (Lipinski definition) is 1. The molecule has 0 saturated carbocycles. The summed E-state index contributed by atoms with van der Waals surface area (Å²) in [5.41, 5.74) is 5.40. The molecule has 2 aromatic rings. The van der Waals surface area contributed by atoms with Crippen molar-refractivity contribution in [1.82, 2.24) is 5.32 Å². The van der Waals surface area contributed by atoms with Crippen molar-refractivity contribution >= 4 is 11.6 Å². The van der Waals surface area contributed by atoms with Crippen molar-refractivity contribution < 1.29 is 0 Å². The molecule has 4 aliphatic heterocycles. The van der Waals surface area contributed by atoms with Crippen LogP contribution in [0.25, 0.3) is 0 Å². The zero-order chi connectivity index (χ0) is 18.9. The van der Waals surface area contributed by atoms with Crippen LogP contribution in [0.3, 0.4) is 0 Å². The van der Waals surface area contributed by atoms with Crippen LogP contribution in [0.2, 0.25) is 5.02 Å². The molecule has 1 N–H and O–H groups in total. The van der Waals surface area contributed by atoms with Gasteiger partial charge in [0.1, 0.15) is 0 Å². The van der Waals surface area contributed by atoms with Gasteiger partial charge in [0.2, 0.25) is 0 Å². The van der Waals surface area contributed by atoms with E-state index < -0.39 is 0 Å². The molecule has 2 atom stereocenters. The molecule has 2 heteroatoms. The van der Waals surface area contributed by atoms with Crippen LogP contribution in [-0.2, 0) is 19.4 Å². The molecule has 0 radical (unpaired) electrons. The number of benzene rings is 2. The highest BCUT2D eigenvalue weighted by Gasteiger charge is 2.10. The van der Waals surface area contributed by atoms with Crippen LogP contribution in [0, 0.1) is 0 Å². The molecule has 4 heterocycles. The Labute approximate surface area is 165 Å². The quantitative estimate of drug-likeness (QED) is 0.530. The number of nitrogens with one attached hydrogen (secondary N) is 1. The molecule has 4 bridgehead atoms. The highest BCUT2D eigenvalue weighted by Crippen LogP contribution is 2.26. The Balaban J connectivity index is 0.000000758. The summed E-state index contributed by atoms with van der Waals surface area (Å²) in [6.07, 6.45) is 5.63. The van der Waals surface area contributed by atoms with Gasteiger partial charge in [-0.1, -0.05) is 75.2 Å². The second-order valence-electron chi connectivity index (χ2n) is 7.63. The molecule has 4 aliphatic rings. The predicted octanol–water partition coefficient (Wildman–Crippen LogP) is 6.92. The van der Waals surface area contributed by atoms with Gasteiger partial charge in [-0.25, -0.2) is 0 Å². The van der Waals surface area contributed by atoms with Crippen LogP contribution < -0.4 is 5.32 Å². The maximum absolute atomic E-state index is 6.50. The van der Waals surface area contributed by atoms with Gasteiger partial charge in [0.05, 0.1) is 0 Å². The molecule has 0 amide bonds. The highest BCUT2D eigenvalue weighted by atomic mass is 35.5. The first-order valence-electron chi connectivity index (χ1n) is 10.1. The van der Waals surface area contributed by atoms with Crippen molar-refractivity contribution in [2.75, 3.05) is 0 Å². The number of hydrogen-bond acceptors (Lipinski definition) is 1. The Morgan fingerprint density at radius 3 is 2.23 bits per heavy atom. The highest BCUT2D eigenvalue weighted by molar-refractivity contribution is 6.31. The molecule has 2 unspecified atom stereocenters. The molecule has 0 fully saturated rings. The Hall–Kier alpha value is -1.31. The lowest BCUT2D eigenvalue weighted by atomic mass is 9.92. The summed E-state index contributed by atoms with van der Waals surface area (Å²) in [6, 6.07) is 16.2. The summed E-state index contributed by atoms with van der Waals surface area (Å²) in [5, 5.41) is 4.55. The Kier molecular flexibility index (Phi) is 8.68. The third-order valence-corrected chi connectivity index (χ3v) is 5.39. The van der Waals surface area contributed by atoms with Gasteiger partial charge in [0, 0.05) is 17.6 Å². The molecule has 0 spiro atoms. The average molecular weight is 372 g/mol. The van der Waals surface area contributed by atoms with Gasteiger partial charge < -0.3 is 5.32 Å². The van der Waals surface area contributed by atoms with Crippen molar-refractivity contribution in [2.45, 2.75) is 78.3 Å². The SMILES string of the molecule is CC1CCc2ccc(c(Cl)c2)CCC(C)c2ccc(cc2)CN1.CCC. The van der Waals surface area contributed by atoms with E-state index in [0.717, 1.165) is 37.3 Å². The maximum atomic E-state index is 6.50. The van der Waals surface area contributed by atoms with Crippen LogP contribution in [0.15, 0.2) is 42.5 Å². The van der Waals surface area contributed by atoms with Crippen LogP contribution in [0.5, 0.6) is 0 Å². The third kappa shape index (κ3) is 6.45. The summed E-state index contributed by atoms with van der Waals surface area (Å²) < 4.78 is 0. The Morgan fingerprint density at radius 2 is 1.58 bits per heavy atom. The monoisotopic (exact) mass is 371 g/mol. The van der Waals surface area contributed by atoms with Crippen LogP contribution in [0.4, 0.5) is 0 Å². The molecule has 0 aromatic heterocycles. The third-order valence-electron chi connectivity index (χ3n) is 5.03. The summed E-state index contributed by atoms with van der Waals surface area (Å²) in [5.74, 6) is 0.555. The van der Waals surface area contributed by atoms with Crippen molar-refractivity contribution in [1.29, 1.82) is 0 Å². The van der Waals surface area contributed by atoms with E-state index >= 15 is 0 Å². The summed E-state index contributed by atoms with van der Waals surface area (Å²) in [7, 11) is 0. The first-order chi connectivity index (χ1) is 12.5. The zero-order valence-electron chi connectivity index (χ0n) is 16.8. The minimum absolute atomic E-state index is 0.500. The van der Waals surface area contributed by atoms with Crippen molar-refractivity contribution in [3.05, 3.63) is 69.7 Å². The minimum atomic E-state index is 0.500. The van der Waals surface area contributed by atoms with E-state index in [1.807, 2.05) is 0 Å². The molecule has 142 valence electrons. The molecular weight excluding hydrogens is 338 g/mol. The molecule has 0 aliphatic carbocycles. The van der Waals surface area contributed by atoms with E-state index in [0.29, 0.717) is 12.0 Å². The lowest BCUT2D eigenvalue weighted by Gasteiger charge is -2.17. The second-order valence-corrected chi connectivity index (χ2v) is 8.04. The van der Waals surface area contributed by atoms with Crippen LogP contribution in [-0.4, -0.2) is 6.04 Å². The minimum Gasteiger partial charge on any atom is -0.310 e. The molecular formula is C24H34ClN. The topological polar surface area (TPSA) is 12.0 Å². The van der Waals surface area contributed by atoms with Gasteiger partial charge >= 0.3 is 0 Å². The largest absolute Gasteiger partial charge is 0.310 e. The number of aryl methyl sites for hydroxylation is 2. The predicted molar refractivity (Wildman–Crippen MR) is 115 cm³/mol. The van der Waals surface area contributed by atoms with Gasteiger partial charge in [-0.05, 0) is 66.8 Å². The lowest BCUT2D eigenvalue weighted by molar-refractivity contribution is 0.514. The van der Waals surface area contributed by atoms with Crippen molar-refractivity contribution in [3.63, 3.8) is 0 Å². The van der Waals surface area contributed by atoms with Crippen LogP contribution in [0.1, 0.15) is 75.1 Å². The van der Waals surface area contributed by atoms with E-state index in [1.54, 1.807) is 0 Å². The van der Waals surface area contributed by atoms with E-state index in [2.05, 4.69) is 75.5 Å². The smallest absolute Gasteiger partial charge is 0.0440 e. The Bertz CT molecular complexity index is 662. The van der Waals surface area contributed by atoms with E-state index in [9.17, 15) is 0 Å². The van der Waals surface area contributed by atoms with Crippen molar-refractivity contribution in [2.24, 2.45) is 0 Å². The number of rotatable bonds is 0. The van der Waals surface area contributed by atoms with E-state index in [4.69, 9.17) is 11.6 Å². The lowest BCUT2D eigenvalue weighted by Crippen LogP contribution is -2.26. The first-order valence-corrected chi connectivity index (χ1v) is 10.5. The molecule has 6 rings (SSSR count). The normalized spacial score (nSPS) is 20.5. The zero-order valence-corrected chi connectivity index (χ0v) is 17.6. The fourth-order valence-corrected chi connectivity index (χ4v) is 3.53. The van der Waals surface area contributed by atoms with Gasteiger partial charge in [-0.2, -0.15) is 0 Å². The fourth-order valence-electron chi connectivity index (χ4n) is 3.23. The van der Waals surface area contributed by atoms with Crippen molar-refractivity contribution in [3.8, 4) is 0 Å². The van der Waals surface area contributed by atoms with Gasteiger partial charge in [-0.3, -0.25) is 0 Å². The molecule has 26 heavy (non-hydrogen) atoms. The molecule has 2 aromatic carbocycles. The van der Waals surface area contributed by atoms with Gasteiger partial charge in [0.15, 0.2) is 0 Å². The summed E-state index contributed by atoms with van der Waals surface area (Å²) in [4.78, 5) is 0. The van der Waals surface area contributed by atoms with Gasteiger partial charge in [-0.15, -0.1) is 0 Å². The van der Waals surface area contributed by atoms with Gasteiger partial charge in [0.25, 0.3) is 0 Å². The first kappa shape index (κ1) is 21.0. The number of halogens is 1. The molecule has 1 nitrogen and oxygen atoms in total. The maximum Gasteiger partial charge on any atom is 0.0440 e. The molecule has 0 saturated heterocycles. The standard InChI is InChI=1S/C21H26ClN.C3H8/c1-15-3-9-20-12-6-17(13-21(20)22)5-4-16(2)23-14-18-7-10-19(15)11-8-18;1-3-2/h6-8,10-13,15-16,23H,3-5,9,14H2,1-2H3;3H2,1-2H3. The van der Waals surface area contributed by atoms with E-state index in [1.165, 1.54) is 28.7 Å². The van der Waals surface area contributed by atoms with E-state index in [-0.39, 0.29) is 0 Å². The Morgan fingerprint density at radius 1 is 0.923 bits per heavy atom. The summed E-state index contributed by atoms with van der Waals surface area (Å²) >= 11 is 6.50. The fraction of sp³-hybridized carbons (Fsp3) is 0.500. The second kappa shape index (κ2) is 10.7. The van der Waals surface area contributed by atoms with Crippen LogP contribution >= 0.6 is 11.6 Å². The summed E-state index contributed by atoms with van der Waals surface area (Å²) in [6.45, 7) is 9.76. The average Bonchev–Trinajstić information content (AvgIpc) is 2.64.